The first-order valence-electron chi connectivity index (χ1n) is 14.2. The molecule has 2 bridgehead atoms. The molecule has 7 fully saturated rings. The molecule has 0 aromatic carbocycles. The summed E-state index contributed by atoms with van der Waals surface area (Å²) in [7, 11) is 0. The second-order valence-corrected chi connectivity index (χ2v) is 16.4. The lowest BCUT2D eigenvalue weighted by atomic mass is 8.98. The van der Waals surface area contributed by atoms with Gasteiger partial charge >= 0.3 is 0 Å². The molecule has 0 heteroatoms. The van der Waals surface area contributed by atoms with Gasteiger partial charge in [0.25, 0.3) is 0 Å². The fourth-order valence-electron chi connectivity index (χ4n) is 18.0. The first-order valence-corrected chi connectivity index (χ1v) is 14.2. The zero-order valence-corrected chi connectivity index (χ0v) is 24.5. The molecule has 12 unspecified atom stereocenters. The average Bonchev–Trinajstić information content (AvgIpc) is 3.02. The van der Waals surface area contributed by atoms with Crippen LogP contribution in [0, 0.1) is 83.2 Å². The van der Waals surface area contributed by atoms with E-state index in [0.717, 1.165) is 23.7 Å². The molecule has 0 aromatic heterocycles. The first-order chi connectivity index (χ1) is 14.2. The number of hydrogen-bond acceptors (Lipinski definition) is 0. The van der Waals surface area contributed by atoms with Crippen molar-refractivity contribution in [1.29, 1.82) is 0 Å². The lowest BCUT2D eigenvalue weighted by Crippen LogP contribution is -3.01. The highest BCUT2D eigenvalue weighted by atomic mass is 15.1. The van der Waals surface area contributed by atoms with Crippen LogP contribution in [0.4, 0.5) is 0 Å². The molecule has 7 saturated carbocycles. The quantitative estimate of drug-likeness (QED) is 0.383. The zero-order valence-electron chi connectivity index (χ0n) is 24.5. The molecule has 7 rings (SSSR count). The molecule has 0 nitrogen and oxygen atoms in total. The minimum absolute atomic E-state index is 0.339. The van der Waals surface area contributed by atoms with E-state index in [-0.39, 0.29) is 0 Å². The molecule has 7 aliphatic rings. The summed E-state index contributed by atoms with van der Waals surface area (Å²) >= 11 is 0. The van der Waals surface area contributed by atoms with E-state index in [4.69, 9.17) is 0 Å². The van der Waals surface area contributed by atoms with Crippen molar-refractivity contribution in [2.45, 2.75) is 117 Å². The van der Waals surface area contributed by atoms with Crippen molar-refractivity contribution in [3.63, 3.8) is 0 Å². The number of fused-ring (bicyclic) bond motifs is 7. The highest BCUT2D eigenvalue weighted by molar-refractivity contribution is 5.58. The molecule has 0 N–H and O–H groups in total. The van der Waals surface area contributed by atoms with Crippen LogP contribution in [0.1, 0.15) is 117 Å². The lowest BCUT2D eigenvalue weighted by molar-refractivity contribution is -0.589. The van der Waals surface area contributed by atoms with Gasteiger partial charge < -0.3 is 0 Å². The van der Waals surface area contributed by atoms with Gasteiger partial charge in [-0.2, -0.15) is 0 Å². The van der Waals surface area contributed by atoms with Crippen LogP contribution in [0.5, 0.6) is 0 Å². The van der Waals surface area contributed by atoms with Crippen LogP contribution in [0.3, 0.4) is 0 Å². The van der Waals surface area contributed by atoms with Crippen LogP contribution in [0.15, 0.2) is 0 Å². The summed E-state index contributed by atoms with van der Waals surface area (Å²) < 4.78 is 0. The molecule has 0 radical (unpaired) electrons. The van der Waals surface area contributed by atoms with Gasteiger partial charge in [0.15, 0.2) is 0 Å². The molecule has 7 aliphatic carbocycles. The van der Waals surface area contributed by atoms with E-state index >= 15 is 0 Å². The minimum Gasteiger partial charge on any atom is -0.0648 e. The fourth-order valence-corrected chi connectivity index (χ4v) is 18.0. The van der Waals surface area contributed by atoms with Crippen molar-refractivity contribution in [2.75, 3.05) is 0 Å². The summed E-state index contributed by atoms with van der Waals surface area (Å²) in [5.74, 6) is 3.26. The van der Waals surface area contributed by atoms with E-state index in [9.17, 15) is 0 Å². The van der Waals surface area contributed by atoms with E-state index in [1.54, 1.807) is 0 Å². The van der Waals surface area contributed by atoms with Crippen LogP contribution >= 0.6 is 0 Å². The standard InChI is InChI=1S/C32H54/c1-17-22(6)27(11)23(7)20(4)24(8,21(23)5)29(27,13)32(16)28(22,12)30(14)25(9)18(2)19(3)26(25,10)31(30,32)15/h18-21H,17H2,1-16H3/t18?,19?,20?,21?,22?,23?,24?,25?,26?,27?,28?,29-,30?,31?,32?/m0/s1. The third kappa shape index (κ3) is 0.986. The molecular weight excluding hydrogens is 384 g/mol. The highest BCUT2D eigenvalue weighted by Crippen LogP contribution is 3.15. The first kappa shape index (κ1) is 22.5. The van der Waals surface area contributed by atoms with E-state index < -0.39 is 0 Å². The maximum atomic E-state index is 2.85. The molecule has 13 atom stereocenters. The van der Waals surface area contributed by atoms with Crippen molar-refractivity contribution < 1.29 is 0 Å². The topological polar surface area (TPSA) is 0 Å². The van der Waals surface area contributed by atoms with E-state index in [0.29, 0.717) is 59.6 Å². The summed E-state index contributed by atoms with van der Waals surface area (Å²) in [6.07, 6.45) is 1.32. The summed E-state index contributed by atoms with van der Waals surface area (Å²) in [6, 6.07) is 0. The number of rotatable bonds is 1. The summed E-state index contributed by atoms with van der Waals surface area (Å²) in [5.41, 5.74) is 4.26. The minimum atomic E-state index is 0.339. The Morgan fingerprint density at radius 2 is 0.781 bits per heavy atom. The van der Waals surface area contributed by atoms with Crippen molar-refractivity contribution in [3.05, 3.63) is 0 Å². The van der Waals surface area contributed by atoms with E-state index in [1.807, 2.05) is 0 Å². The van der Waals surface area contributed by atoms with Crippen molar-refractivity contribution >= 4 is 0 Å². The Morgan fingerprint density at radius 3 is 1.16 bits per heavy atom. The van der Waals surface area contributed by atoms with Gasteiger partial charge in [0.2, 0.25) is 0 Å². The third-order valence-electron chi connectivity index (χ3n) is 20.4. The van der Waals surface area contributed by atoms with E-state index in [1.165, 1.54) is 6.42 Å². The Bertz CT molecular complexity index is 982. The van der Waals surface area contributed by atoms with Gasteiger partial charge in [-0.25, -0.2) is 0 Å². The molecule has 0 heterocycles. The van der Waals surface area contributed by atoms with Gasteiger partial charge in [0.1, 0.15) is 0 Å². The van der Waals surface area contributed by atoms with E-state index in [2.05, 4.69) is 111 Å². The predicted molar refractivity (Wildman–Crippen MR) is 136 cm³/mol. The van der Waals surface area contributed by atoms with Gasteiger partial charge in [-0.3, -0.25) is 0 Å². The Balaban J connectivity index is 1.77. The molecule has 0 amide bonds. The zero-order chi connectivity index (χ0) is 24.5. The highest BCUT2D eigenvalue weighted by Gasteiger charge is 3.12. The van der Waals surface area contributed by atoms with Gasteiger partial charge in [0, 0.05) is 0 Å². The Kier molecular flexibility index (Phi) is 3.14. The van der Waals surface area contributed by atoms with Crippen molar-refractivity contribution in [1.82, 2.24) is 0 Å². The van der Waals surface area contributed by atoms with Crippen LogP contribution in [-0.4, -0.2) is 0 Å². The van der Waals surface area contributed by atoms with Crippen LogP contribution in [0.2, 0.25) is 0 Å². The lowest BCUT2D eigenvalue weighted by Gasteiger charge is -3.05. The maximum Gasteiger partial charge on any atom is -0.0131 e. The van der Waals surface area contributed by atoms with Crippen molar-refractivity contribution in [3.8, 4) is 0 Å². The van der Waals surface area contributed by atoms with Gasteiger partial charge in [-0.1, -0.05) is 111 Å². The molecular formula is C32H54. The Hall–Kier alpha value is 0. The molecule has 0 saturated heterocycles. The summed E-state index contributed by atoms with van der Waals surface area (Å²) in [6.45, 7) is 43.7. The molecule has 0 spiro atoms. The van der Waals surface area contributed by atoms with Gasteiger partial charge in [0.05, 0.1) is 0 Å². The Morgan fingerprint density at radius 1 is 0.438 bits per heavy atom. The SMILES string of the molecule is CCC1(C)C2(C)C3(C)C4(C)C(C)C(C)C4(C)C3(C)C2(C)[C@@]2(C)C3(C)C(C)C(C)(C3C)C12C. The summed E-state index contributed by atoms with van der Waals surface area (Å²) in [5, 5.41) is 0. The Labute approximate surface area is 200 Å². The summed E-state index contributed by atoms with van der Waals surface area (Å²) in [4.78, 5) is 0. The predicted octanol–water partition coefficient (Wildman–Crippen LogP) is 9.09. The maximum absolute atomic E-state index is 2.85. The largest absolute Gasteiger partial charge is 0.0648 e. The van der Waals surface area contributed by atoms with Gasteiger partial charge in [-0.15, -0.1) is 0 Å². The third-order valence-corrected chi connectivity index (χ3v) is 20.4. The fraction of sp³-hybridized carbons (Fsp3) is 1.00. The van der Waals surface area contributed by atoms with Crippen LogP contribution in [0.25, 0.3) is 0 Å². The molecule has 0 aliphatic heterocycles. The number of hydrogen-bond donors (Lipinski definition) is 0. The van der Waals surface area contributed by atoms with Crippen molar-refractivity contribution in [2.24, 2.45) is 83.2 Å². The molecule has 0 aromatic rings. The second-order valence-electron chi connectivity index (χ2n) is 16.4. The van der Waals surface area contributed by atoms with Crippen LogP contribution < -0.4 is 0 Å². The smallest absolute Gasteiger partial charge is 0.0131 e. The normalized spacial score (nSPS) is 81.4. The second kappa shape index (κ2) is 4.47. The van der Waals surface area contributed by atoms with Gasteiger partial charge in [-0.05, 0) is 89.7 Å². The van der Waals surface area contributed by atoms with Crippen LogP contribution in [-0.2, 0) is 0 Å². The molecule has 32 heavy (non-hydrogen) atoms. The average molecular weight is 439 g/mol. The molecule has 182 valence electrons. The monoisotopic (exact) mass is 438 g/mol.